The summed E-state index contributed by atoms with van der Waals surface area (Å²) in [6.45, 7) is 0. The topological polar surface area (TPSA) is 95.9 Å². The zero-order valence-electron chi connectivity index (χ0n) is 4.98. The largest absolute Gasteiger partial charge is 0.387 e. The van der Waals surface area contributed by atoms with Crippen LogP contribution in [0.25, 0.3) is 0 Å². The fourth-order valence-corrected chi connectivity index (χ4v) is 0.845. The molecule has 0 fully saturated rings. The third-order valence-corrected chi connectivity index (χ3v) is 1.39. The molecule has 0 heterocycles. The van der Waals surface area contributed by atoms with E-state index in [4.69, 9.17) is 15.5 Å². The van der Waals surface area contributed by atoms with Crippen LogP contribution in [0.15, 0.2) is 4.99 Å². The summed E-state index contributed by atoms with van der Waals surface area (Å²) in [6.07, 6.45) is -0.455. The monoisotopic (exact) mass is 152 g/mol. The van der Waals surface area contributed by atoms with Gasteiger partial charge in [-0.3, -0.25) is 9.56 Å². The van der Waals surface area contributed by atoms with Crippen LogP contribution in [-0.2, 0) is 4.57 Å². The van der Waals surface area contributed by atoms with Gasteiger partial charge < -0.3 is 15.5 Å². The zero-order chi connectivity index (χ0) is 7.49. The van der Waals surface area contributed by atoms with Gasteiger partial charge in [0.25, 0.3) is 0 Å². The second kappa shape index (κ2) is 2.96. The quantitative estimate of drug-likeness (QED) is 0.273. The predicted octanol–water partition coefficient (Wildman–Crippen LogP) is -0.849. The molecule has 9 heavy (non-hydrogen) atoms. The number of nitrogens with two attached hydrogens (primary N) is 1. The van der Waals surface area contributed by atoms with Crippen LogP contribution in [0, 0.1) is 0 Å². The molecule has 0 saturated heterocycles. The lowest BCUT2D eigenvalue weighted by Crippen LogP contribution is -2.16. The minimum atomic E-state index is -3.99. The normalized spacial score (nSPS) is 13.9. The van der Waals surface area contributed by atoms with E-state index in [9.17, 15) is 4.57 Å². The second-order valence-electron chi connectivity index (χ2n) is 1.54. The summed E-state index contributed by atoms with van der Waals surface area (Å²) in [5.41, 5.74) is 5.02. The standard InChI is InChI=1S/C3H9N2O3P/c1-5-3(4)2-9(6,7)8/h2H2,1H3,(H2,4,5)(H2,6,7,8). The maximum Gasteiger partial charge on any atom is 0.333 e. The van der Waals surface area contributed by atoms with Crippen molar-refractivity contribution in [1.29, 1.82) is 0 Å². The summed E-state index contributed by atoms with van der Waals surface area (Å²) in [4.78, 5) is 19.9. The van der Waals surface area contributed by atoms with Crippen LogP contribution in [-0.4, -0.2) is 28.8 Å². The van der Waals surface area contributed by atoms with Crippen molar-refractivity contribution in [3.8, 4) is 0 Å². The Bertz CT molecular complexity index is 160. The van der Waals surface area contributed by atoms with Gasteiger partial charge in [0.1, 0.15) is 12.0 Å². The molecule has 5 nitrogen and oxygen atoms in total. The molecule has 0 aromatic carbocycles. The molecule has 0 radical (unpaired) electrons. The highest BCUT2D eigenvalue weighted by Gasteiger charge is 2.13. The summed E-state index contributed by atoms with van der Waals surface area (Å²) in [7, 11) is -2.61. The Morgan fingerprint density at radius 3 is 2.33 bits per heavy atom. The van der Waals surface area contributed by atoms with Crippen molar-refractivity contribution < 1.29 is 14.4 Å². The first-order valence-electron chi connectivity index (χ1n) is 2.21. The lowest BCUT2D eigenvalue weighted by molar-refractivity contribution is 0.378. The summed E-state index contributed by atoms with van der Waals surface area (Å²) in [5.74, 6) is -0.0247. The zero-order valence-corrected chi connectivity index (χ0v) is 5.88. The van der Waals surface area contributed by atoms with E-state index in [0.717, 1.165) is 0 Å². The third kappa shape index (κ3) is 5.49. The minimum absolute atomic E-state index is 0.0247. The van der Waals surface area contributed by atoms with Crippen molar-refractivity contribution >= 4 is 13.4 Å². The Morgan fingerprint density at radius 1 is 1.78 bits per heavy atom. The molecule has 54 valence electrons. The van der Waals surface area contributed by atoms with E-state index in [-0.39, 0.29) is 5.84 Å². The molecule has 0 rings (SSSR count). The number of hydrogen-bond acceptors (Lipinski definition) is 2. The molecule has 0 saturated carbocycles. The van der Waals surface area contributed by atoms with E-state index < -0.39 is 13.8 Å². The number of rotatable bonds is 2. The SMILES string of the molecule is CN=C(N)CP(=O)(O)O. The Kier molecular flexibility index (Phi) is 2.84. The van der Waals surface area contributed by atoms with E-state index in [1.807, 2.05) is 0 Å². The molecule has 0 atom stereocenters. The molecular formula is C3H9N2O3P. The highest BCUT2D eigenvalue weighted by Crippen LogP contribution is 2.33. The maximum absolute atomic E-state index is 10.1. The van der Waals surface area contributed by atoms with E-state index in [1.165, 1.54) is 7.05 Å². The first-order valence-corrected chi connectivity index (χ1v) is 4.01. The van der Waals surface area contributed by atoms with Gasteiger partial charge in [-0.15, -0.1) is 0 Å². The summed E-state index contributed by atoms with van der Waals surface area (Å²) >= 11 is 0. The average molecular weight is 152 g/mol. The molecule has 0 aliphatic heterocycles. The van der Waals surface area contributed by atoms with E-state index in [2.05, 4.69) is 4.99 Å². The van der Waals surface area contributed by atoms with Crippen LogP contribution < -0.4 is 5.73 Å². The van der Waals surface area contributed by atoms with Gasteiger partial charge in [-0.25, -0.2) is 0 Å². The Labute approximate surface area is 52.8 Å². The first-order chi connectivity index (χ1) is 3.95. The fraction of sp³-hybridized carbons (Fsp3) is 0.667. The maximum atomic E-state index is 10.1. The predicted molar refractivity (Wildman–Crippen MR) is 34.5 cm³/mol. The fourth-order valence-electron chi connectivity index (χ4n) is 0.282. The van der Waals surface area contributed by atoms with Crippen LogP contribution >= 0.6 is 7.60 Å². The van der Waals surface area contributed by atoms with Gasteiger partial charge in [-0.2, -0.15) is 0 Å². The smallest absolute Gasteiger partial charge is 0.333 e. The van der Waals surface area contributed by atoms with Crippen LogP contribution in [0.1, 0.15) is 0 Å². The molecule has 4 N–H and O–H groups in total. The van der Waals surface area contributed by atoms with Crippen molar-refractivity contribution in [3.63, 3.8) is 0 Å². The van der Waals surface area contributed by atoms with Crippen LogP contribution in [0.2, 0.25) is 0 Å². The number of nitrogens with zero attached hydrogens (tertiary/aromatic N) is 1. The number of amidine groups is 1. The summed E-state index contributed by atoms with van der Waals surface area (Å²) in [5, 5.41) is 0. The van der Waals surface area contributed by atoms with Crippen LogP contribution in [0.3, 0.4) is 0 Å². The highest BCUT2D eigenvalue weighted by molar-refractivity contribution is 7.52. The Balaban J connectivity index is 3.90. The average Bonchev–Trinajstić information content (AvgIpc) is 1.62. The van der Waals surface area contributed by atoms with Gasteiger partial charge in [0.05, 0.1) is 0 Å². The molecule has 0 aliphatic rings. The molecular weight excluding hydrogens is 143 g/mol. The summed E-state index contributed by atoms with van der Waals surface area (Å²) < 4.78 is 10.1. The van der Waals surface area contributed by atoms with E-state index in [1.54, 1.807) is 0 Å². The molecule has 0 aromatic heterocycles. The van der Waals surface area contributed by atoms with Gasteiger partial charge in [-0.05, 0) is 0 Å². The van der Waals surface area contributed by atoms with Crippen molar-refractivity contribution in [2.45, 2.75) is 0 Å². The number of hydrogen-bond donors (Lipinski definition) is 3. The van der Waals surface area contributed by atoms with Crippen molar-refractivity contribution in [2.75, 3.05) is 13.2 Å². The molecule has 0 spiro atoms. The van der Waals surface area contributed by atoms with Gasteiger partial charge in [-0.1, -0.05) is 0 Å². The summed E-state index contributed by atoms with van der Waals surface area (Å²) in [6, 6.07) is 0. The molecule has 0 aromatic rings. The van der Waals surface area contributed by atoms with Crippen molar-refractivity contribution in [2.24, 2.45) is 10.7 Å². The molecule has 6 heteroatoms. The van der Waals surface area contributed by atoms with Gasteiger partial charge in [0.2, 0.25) is 0 Å². The van der Waals surface area contributed by atoms with Crippen LogP contribution in [0.4, 0.5) is 0 Å². The van der Waals surface area contributed by atoms with Crippen LogP contribution in [0.5, 0.6) is 0 Å². The molecule has 0 unspecified atom stereocenters. The second-order valence-corrected chi connectivity index (χ2v) is 3.18. The Hall–Kier alpha value is -0.380. The third-order valence-electron chi connectivity index (χ3n) is 0.655. The first kappa shape index (κ1) is 8.62. The van der Waals surface area contributed by atoms with Gasteiger partial charge >= 0.3 is 7.60 Å². The van der Waals surface area contributed by atoms with Crippen molar-refractivity contribution in [3.05, 3.63) is 0 Å². The lowest BCUT2D eigenvalue weighted by atomic mass is 10.7. The molecule has 0 bridgehead atoms. The van der Waals surface area contributed by atoms with Crippen molar-refractivity contribution in [1.82, 2.24) is 0 Å². The minimum Gasteiger partial charge on any atom is -0.387 e. The lowest BCUT2D eigenvalue weighted by Gasteiger charge is -2.00. The van der Waals surface area contributed by atoms with Gasteiger partial charge in [0, 0.05) is 7.05 Å². The number of aliphatic imine (C=N–C) groups is 1. The van der Waals surface area contributed by atoms with Gasteiger partial charge in [0.15, 0.2) is 0 Å². The Morgan fingerprint density at radius 2 is 2.22 bits per heavy atom. The molecule has 0 aliphatic carbocycles. The van der Waals surface area contributed by atoms with E-state index in [0.29, 0.717) is 0 Å². The highest BCUT2D eigenvalue weighted by atomic mass is 31.2. The molecule has 0 amide bonds. The van der Waals surface area contributed by atoms with E-state index >= 15 is 0 Å².